The second-order valence-corrected chi connectivity index (χ2v) is 4.93. The number of carboxylic acids is 1. The van der Waals surface area contributed by atoms with E-state index in [4.69, 9.17) is 5.11 Å². The molecule has 0 atom stereocenters. The highest BCUT2D eigenvalue weighted by molar-refractivity contribution is 5.97. The van der Waals surface area contributed by atoms with Crippen LogP contribution in [-0.4, -0.2) is 34.3 Å². The van der Waals surface area contributed by atoms with Crippen LogP contribution >= 0.6 is 0 Å². The Labute approximate surface area is 117 Å². The summed E-state index contributed by atoms with van der Waals surface area (Å²) in [5, 5.41) is 21.1. The molecule has 110 valence electrons. The molecule has 0 radical (unpaired) electrons. The van der Waals surface area contributed by atoms with Crippen LogP contribution in [0.2, 0.25) is 0 Å². The Hall–Kier alpha value is -2.11. The van der Waals surface area contributed by atoms with Crippen molar-refractivity contribution < 1.29 is 19.8 Å². The first kappa shape index (κ1) is 15.9. The van der Waals surface area contributed by atoms with Crippen LogP contribution in [0, 0.1) is 0 Å². The molecule has 1 saturated carbocycles. The molecule has 0 spiro atoms. The zero-order valence-corrected chi connectivity index (χ0v) is 11.6. The van der Waals surface area contributed by atoms with E-state index in [9.17, 15) is 14.7 Å². The van der Waals surface area contributed by atoms with E-state index in [1.807, 2.05) is 0 Å². The molecule has 6 nitrogen and oxygen atoms in total. The Balaban J connectivity index is 2.81. The summed E-state index contributed by atoms with van der Waals surface area (Å²) in [6.07, 6.45) is 6.05. The molecule has 1 amide bonds. The number of nitrogens with zero attached hydrogens (tertiary/aromatic N) is 1. The highest BCUT2D eigenvalue weighted by Gasteiger charge is 2.40. The van der Waals surface area contributed by atoms with Crippen molar-refractivity contribution in [1.82, 2.24) is 5.32 Å². The van der Waals surface area contributed by atoms with Crippen LogP contribution in [0.3, 0.4) is 0 Å². The minimum absolute atomic E-state index is 0.298. The number of carbonyl (C=O) groups excluding carboxylic acids is 1. The number of aliphatic imine (C=N–C) groups is 1. The van der Waals surface area contributed by atoms with E-state index in [-0.39, 0.29) is 5.88 Å². The van der Waals surface area contributed by atoms with Crippen molar-refractivity contribution in [2.75, 3.05) is 0 Å². The normalized spacial score (nSPS) is 19.2. The van der Waals surface area contributed by atoms with E-state index in [0.29, 0.717) is 18.4 Å². The SMILES string of the molecule is C=N/C(O)=C\C=C(/C)C(=O)NC1(C(=O)O)CCCCC1. The molecule has 6 heteroatoms. The fourth-order valence-corrected chi connectivity index (χ4v) is 2.19. The molecule has 1 aliphatic rings. The number of amides is 1. The number of hydrogen-bond acceptors (Lipinski definition) is 4. The van der Waals surface area contributed by atoms with Gasteiger partial charge < -0.3 is 15.5 Å². The van der Waals surface area contributed by atoms with Gasteiger partial charge in [-0.3, -0.25) is 4.79 Å². The summed E-state index contributed by atoms with van der Waals surface area (Å²) >= 11 is 0. The van der Waals surface area contributed by atoms with Gasteiger partial charge in [0.05, 0.1) is 0 Å². The van der Waals surface area contributed by atoms with Crippen molar-refractivity contribution >= 4 is 18.6 Å². The van der Waals surface area contributed by atoms with E-state index in [2.05, 4.69) is 17.0 Å². The van der Waals surface area contributed by atoms with Gasteiger partial charge in [-0.05, 0) is 32.6 Å². The lowest BCUT2D eigenvalue weighted by Gasteiger charge is -2.34. The summed E-state index contributed by atoms with van der Waals surface area (Å²) in [6.45, 7) is 4.68. The minimum Gasteiger partial charge on any atom is -0.493 e. The molecule has 0 unspecified atom stereocenters. The zero-order chi connectivity index (χ0) is 15.2. The van der Waals surface area contributed by atoms with Crippen molar-refractivity contribution in [1.29, 1.82) is 0 Å². The van der Waals surface area contributed by atoms with Gasteiger partial charge in [0.25, 0.3) is 0 Å². The Morgan fingerprint density at radius 2 is 1.80 bits per heavy atom. The first-order valence-electron chi connectivity index (χ1n) is 6.51. The van der Waals surface area contributed by atoms with Gasteiger partial charge in [0.1, 0.15) is 5.54 Å². The van der Waals surface area contributed by atoms with Crippen LogP contribution in [0.25, 0.3) is 0 Å². The molecule has 1 rings (SSSR count). The molecule has 0 aliphatic heterocycles. The fraction of sp³-hybridized carbons (Fsp3) is 0.500. The third-order valence-corrected chi connectivity index (χ3v) is 3.47. The number of aliphatic carboxylic acids is 1. The molecule has 0 aromatic heterocycles. The molecule has 3 N–H and O–H groups in total. The van der Waals surface area contributed by atoms with Crippen molar-refractivity contribution in [3.05, 3.63) is 23.6 Å². The quantitative estimate of drug-likeness (QED) is 0.310. The molecule has 20 heavy (non-hydrogen) atoms. The Bertz CT molecular complexity index is 460. The maximum Gasteiger partial charge on any atom is 0.329 e. The molecule has 1 fully saturated rings. The number of carbonyl (C=O) groups is 2. The number of nitrogens with one attached hydrogen (secondary N) is 1. The number of aliphatic hydroxyl groups is 1. The van der Waals surface area contributed by atoms with E-state index in [1.165, 1.54) is 12.2 Å². The Morgan fingerprint density at radius 1 is 1.20 bits per heavy atom. The molecular weight excluding hydrogens is 260 g/mol. The second kappa shape index (κ2) is 6.88. The highest BCUT2D eigenvalue weighted by Crippen LogP contribution is 2.28. The van der Waals surface area contributed by atoms with Crippen LogP contribution in [0.5, 0.6) is 0 Å². The van der Waals surface area contributed by atoms with Gasteiger partial charge in [-0.25, -0.2) is 9.79 Å². The van der Waals surface area contributed by atoms with Crippen molar-refractivity contribution in [3.63, 3.8) is 0 Å². The van der Waals surface area contributed by atoms with Gasteiger partial charge in [-0.15, -0.1) is 0 Å². The monoisotopic (exact) mass is 280 g/mol. The van der Waals surface area contributed by atoms with Crippen LogP contribution in [0.1, 0.15) is 39.0 Å². The van der Waals surface area contributed by atoms with Gasteiger partial charge in [0.15, 0.2) is 0 Å². The predicted octanol–water partition coefficient (Wildman–Crippen LogP) is 1.94. The van der Waals surface area contributed by atoms with Crippen molar-refractivity contribution in [3.8, 4) is 0 Å². The second-order valence-electron chi connectivity index (χ2n) is 4.93. The Morgan fingerprint density at radius 3 is 2.30 bits per heavy atom. The molecule has 0 saturated heterocycles. The summed E-state index contributed by atoms with van der Waals surface area (Å²) < 4.78 is 0. The van der Waals surface area contributed by atoms with Crippen molar-refractivity contribution in [2.45, 2.75) is 44.6 Å². The van der Waals surface area contributed by atoms with E-state index < -0.39 is 17.4 Å². The maximum atomic E-state index is 12.0. The number of rotatable bonds is 5. The molecule has 0 aromatic rings. The van der Waals surface area contributed by atoms with Gasteiger partial charge in [-0.2, -0.15) is 0 Å². The lowest BCUT2D eigenvalue weighted by molar-refractivity contribution is -0.148. The summed E-state index contributed by atoms with van der Waals surface area (Å²) in [6, 6.07) is 0. The highest BCUT2D eigenvalue weighted by atomic mass is 16.4. The lowest BCUT2D eigenvalue weighted by atomic mass is 9.81. The fourth-order valence-electron chi connectivity index (χ4n) is 2.19. The topological polar surface area (TPSA) is 99.0 Å². The van der Waals surface area contributed by atoms with Crippen LogP contribution in [0.4, 0.5) is 0 Å². The summed E-state index contributed by atoms with van der Waals surface area (Å²) in [4.78, 5) is 26.7. The standard InChI is InChI=1S/C14H20N2O4/c1-10(6-7-11(17)15-2)12(18)16-14(13(19)20)8-4-3-5-9-14/h6-7,17H,2-5,8-9H2,1H3,(H,16,18)(H,19,20)/b10-6+,11-7+. The van der Waals surface area contributed by atoms with Gasteiger partial charge in [0.2, 0.25) is 11.8 Å². The third-order valence-electron chi connectivity index (χ3n) is 3.47. The third kappa shape index (κ3) is 3.94. The number of aliphatic hydroxyl groups excluding tert-OH is 1. The largest absolute Gasteiger partial charge is 0.493 e. The van der Waals surface area contributed by atoms with E-state index in [0.717, 1.165) is 19.3 Å². The van der Waals surface area contributed by atoms with Gasteiger partial charge >= 0.3 is 5.97 Å². The summed E-state index contributed by atoms with van der Waals surface area (Å²) in [5.74, 6) is -1.75. The first-order valence-corrected chi connectivity index (χ1v) is 6.51. The summed E-state index contributed by atoms with van der Waals surface area (Å²) in [7, 11) is 0. The van der Waals surface area contributed by atoms with Crippen LogP contribution in [0.15, 0.2) is 28.6 Å². The van der Waals surface area contributed by atoms with Gasteiger partial charge in [0, 0.05) is 11.6 Å². The zero-order valence-electron chi connectivity index (χ0n) is 11.6. The van der Waals surface area contributed by atoms with Gasteiger partial charge in [-0.1, -0.05) is 19.3 Å². The van der Waals surface area contributed by atoms with E-state index >= 15 is 0 Å². The van der Waals surface area contributed by atoms with Crippen LogP contribution < -0.4 is 5.32 Å². The molecule has 1 aliphatic carbocycles. The average Bonchev–Trinajstić information content (AvgIpc) is 2.44. The van der Waals surface area contributed by atoms with Crippen LogP contribution in [-0.2, 0) is 9.59 Å². The molecule has 0 heterocycles. The maximum absolute atomic E-state index is 12.0. The molecular formula is C14H20N2O4. The molecule has 0 bridgehead atoms. The lowest BCUT2D eigenvalue weighted by Crippen LogP contribution is -2.55. The Kier molecular flexibility index (Phi) is 5.49. The first-order chi connectivity index (χ1) is 9.41. The molecule has 0 aromatic carbocycles. The number of carboxylic acid groups (broad SMARTS) is 1. The van der Waals surface area contributed by atoms with E-state index in [1.54, 1.807) is 6.92 Å². The number of hydrogen-bond donors (Lipinski definition) is 3. The smallest absolute Gasteiger partial charge is 0.329 e. The van der Waals surface area contributed by atoms with Crippen molar-refractivity contribution in [2.24, 2.45) is 4.99 Å². The summed E-state index contributed by atoms with van der Waals surface area (Å²) in [5.41, 5.74) is -0.876. The minimum atomic E-state index is -1.17. The average molecular weight is 280 g/mol. The number of allylic oxidation sites excluding steroid dienone is 2. The predicted molar refractivity (Wildman–Crippen MR) is 75.6 cm³/mol.